The number of aromatic nitrogens is 8. The van der Waals surface area contributed by atoms with Crippen LogP contribution in [0, 0.1) is 0 Å². The molecular formula is C34H20N8O2. The van der Waals surface area contributed by atoms with Gasteiger partial charge in [-0.05, 0) is 18.2 Å². The first kappa shape index (κ1) is 24.3. The van der Waals surface area contributed by atoms with Crippen molar-refractivity contribution in [3.63, 3.8) is 0 Å². The molecule has 8 bridgehead atoms. The van der Waals surface area contributed by atoms with Gasteiger partial charge in [-0.15, -0.1) is 0 Å². The minimum Gasteiger partial charge on any atom is -0.427 e. The lowest BCUT2D eigenvalue weighted by atomic mass is 10.1. The van der Waals surface area contributed by atoms with Crippen molar-refractivity contribution in [2.45, 2.75) is 6.92 Å². The normalized spacial score (nSPS) is 11.8. The lowest BCUT2D eigenvalue weighted by Gasteiger charge is -2.00. The molecule has 7 aromatic rings. The molecule has 0 saturated carbocycles. The third kappa shape index (κ3) is 3.71. The highest BCUT2D eigenvalue weighted by atomic mass is 16.5. The van der Waals surface area contributed by atoms with E-state index >= 15 is 0 Å². The van der Waals surface area contributed by atoms with Gasteiger partial charge >= 0.3 is 5.97 Å². The van der Waals surface area contributed by atoms with E-state index in [4.69, 9.17) is 34.6 Å². The Morgan fingerprint density at radius 3 is 1.32 bits per heavy atom. The standard InChI is InChI=1S/C34H20N8O2/c1-17(43)44-18-14-15-25-26(16-18)34-41-32-24-13-7-6-12-23(24)30(39-32)37-28-20-9-3-2-8-19(20)27(35-28)36-29-21-10-4-5-11-22(21)31(38-29)40-33(25)42-34/h2-16H,1H3,(H2,35,36,37,38,39,40,41,42). The molecule has 0 radical (unpaired) electrons. The van der Waals surface area contributed by atoms with Crippen molar-refractivity contribution in [1.29, 1.82) is 0 Å². The summed E-state index contributed by atoms with van der Waals surface area (Å²) in [4.78, 5) is 48.4. The summed E-state index contributed by atoms with van der Waals surface area (Å²) in [6.45, 7) is 1.37. The minimum absolute atomic E-state index is 0.404. The zero-order valence-electron chi connectivity index (χ0n) is 23.2. The van der Waals surface area contributed by atoms with Crippen LogP contribution in [0.5, 0.6) is 5.75 Å². The van der Waals surface area contributed by atoms with Crippen LogP contribution >= 0.6 is 0 Å². The number of esters is 1. The minimum atomic E-state index is -0.410. The molecule has 2 aliphatic rings. The lowest BCUT2D eigenvalue weighted by molar-refractivity contribution is -0.131. The Kier molecular flexibility index (Phi) is 5.03. The zero-order valence-corrected chi connectivity index (χ0v) is 23.2. The van der Waals surface area contributed by atoms with Gasteiger partial charge in [0.05, 0.1) is 0 Å². The second kappa shape index (κ2) is 9.10. The molecule has 44 heavy (non-hydrogen) atoms. The fourth-order valence-corrected chi connectivity index (χ4v) is 5.85. The summed E-state index contributed by atoms with van der Waals surface area (Å²) >= 11 is 0. The van der Waals surface area contributed by atoms with Crippen molar-refractivity contribution >= 4 is 50.1 Å². The van der Waals surface area contributed by atoms with Crippen LogP contribution in [0.15, 0.2) is 91.0 Å². The van der Waals surface area contributed by atoms with E-state index in [9.17, 15) is 4.79 Å². The van der Waals surface area contributed by atoms with Crippen LogP contribution in [-0.2, 0) is 4.79 Å². The summed E-state index contributed by atoms with van der Waals surface area (Å²) in [5.41, 5.74) is 5.81. The molecule has 2 N–H and O–H groups in total. The van der Waals surface area contributed by atoms with Crippen molar-refractivity contribution in [2.24, 2.45) is 0 Å². The maximum Gasteiger partial charge on any atom is 0.308 e. The molecule has 4 aromatic carbocycles. The molecule has 9 rings (SSSR count). The van der Waals surface area contributed by atoms with Crippen molar-refractivity contribution in [3.8, 4) is 51.3 Å². The number of hydrogen-bond donors (Lipinski definition) is 2. The molecule has 0 amide bonds. The summed E-state index contributed by atoms with van der Waals surface area (Å²) in [6.07, 6.45) is 0. The molecule has 0 spiro atoms. The summed E-state index contributed by atoms with van der Waals surface area (Å²) in [6, 6.07) is 29.1. The van der Waals surface area contributed by atoms with E-state index in [2.05, 4.69) is 9.97 Å². The van der Waals surface area contributed by atoms with E-state index in [0.717, 1.165) is 43.8 Å². The van der Waals surface area contributed by atoms with Crippen molar-refractivity contribution in [3.05, 3.63) is 91.0 Å². The van der Waals surface area contributed by atoms with Gasteiger partial charge in [0.1, 0.15) is 28.3 Å². The van der Waals surface area contributed by atoms with Gasteiger partial charge in [0, 0.05) is 50.7 Å². The van der Waals surface area contributed by atoms with Gasteiger partial charge in [0.2, 0.25) is 0 Å². The molecule has 3 aromatic heterocycles. The summed E-state index contributed by atoms with van der Waals surface area (Å²) in [5.74, 6) is 2.09. The zero-order chi connectivity index (χ0) is 29.4. The van der Waals surface area contributed by atoms with Crippen LogP contribution in [0.3, 0.4) is 0 Å². The Hall–Kier alpha value is -6.29. The molecule has 0 aliphatic carbocycles. The first-order valence-electron chi connectivity index (χ1n) is 14.0. The third-order valence-corrected chi connectivity index (χ3v) is 7.79. The second-order valence-corrected chi connectivity index (χ2v) is 10.5. The van der Waals surface area contributed by atoms with E-state index in [1.54, 1.807) is 12.1 Å². The van der Waals surface area contributed by atoms with Crippen molar-refractivity contribution in [1.82, 2.24) is 39.9 Å². The monoisotopic (exact) mass is 572 g/mol. The second-order valence-electron chi connectivity index (χ2n) is 10.5. The molecule has 10 nitrogen and oxygen atoms in total. The molecule has 0 atom stereocenters. The Morgan fingerprint density at radius 2 is 0.886 bits per heavy atom. The first-order valence-corrected chi connectivity index (χ1v) is 14.0. The summed E-state index contributed by atoms with van der Waals surface area (Å²) < 4.78 is 5.41. The number of nitrogens with zero attached hydrogens (tertiary/aromatic N) is 6. The number of hydrogen-bond acceptors (Lipinski definition) is 8. The van der Waals surface area contributed by atoms with Gasteiger partial charge in [-0.1, -0.05) is 72.8 Å². The number of fused-ring (bicyclic) bond motifs is 20. The average Bonchev–Trinajstić information content (AvgIpc) is 3.76. The number of rotatable bonds is 1. The predicted octanol–water partition coefficient (Wildman–Crippen LogP) is 6.79. The number of H-pyrrole nitrogens is 2. The smallest absolute Gasteiger partial charge is 0.308 e. The number of benzene rings is 4. The highest BCUT2D eigenvalue weighted by Gasteiger charge is 2.22. The van der Waals surface area contributed by atoms with E-state index in [0.29, 0.717) is 51.6 Å². The van der Waals surface area contributed by atoms with E-state index < -0.39 is 5.97 Å². The highest BCUT2D eigenvalue weighted by Crippen LogP contribution is 2.37. The Bertz CT molecular complexity index is 2530. The summed E-state index contributed by atoms with van der Waals surface area (Å²) in [5, 5.41) is 3.34. The van der Waals surface area contributed by atoms with Crippen LogP contribution in [0.1, 0.15) is 6.92 Å². The van der Waals surface area contributed by atoms with Crippen LogP contribution in [-0.4, -0.2) is 45.8 Å². The quantitative estimate of drug-likeness (QED) is 0.162. The SMILES string of the molecule is CC(=O)Oc1ccc2c3nc4nc(nc5[nH]c(nc6nc(nc([nH]3)c2c1)-c1ccccc1-6)c1ccccc51)-c1ccccc1-4. The van der Waals surface area contributed by atoms with Gasteiger partial charge in [0.25, 0.3) is 0 Å². The fraction of sp³-hybridized carbons (Fsp3) is 0.0294. The van der Waals surface area contributed by atoms with Gasteiger partial charge < -0.3 is 14.7 Å². The Balaban J connectivity index is 1.47. The molecule has 2 aliphatic heterocycles. The summed E-state index contributed by atoms with van der Waals surface area (Å²) in [7, 11) is 0. The van der Waals surface area contributed by atoms with Gasteiger partial charge in [-0.25, -0.2) is 29.9 Å². The molecule has 10 heteroatoms. The number of carbonyl (C=O) groups is 1. The number of aromatic amines is 2. The highest BCUT2D eigenvalue weighted by molar-refractivity contribution is 6.06. The fourth-order valence-electron chi connectivity index (χ4n) is 5.85. The van der Waals surface area contributed by atoms with Crippen LogP contribution in [0.2, 0.25) is 0 Å². The topological polar surface area (TPSA) is 135 Å². The van der Waals surface area contributed by atoms with Gasteiger partial charge in [-0.3, -0.25) is 4.79 Å². The number of ether oxygens (including phenoxy) is 1. The van der Waals surface area contributed by atoms with Gasteiger partial charge in [0.15, 0.2) is 23.3 Å². The van der Waals surface area contributed by atoms with Crippen molar-refractivity contribution in [2.75, 3.05) is 0 Å². The average molecular weight is 573 g/mol. The molecular weight excluding hydrogens is 552 g/mol. The van der Waals surface area contributed by atoms with E-state index in [-0.39, 0.29) is 0 Å². The van der Waals surface area contributed by atoms with E-state index in [1.807, 2.05) is 78.9 Å². The largest absolute Gasteiger partial charge is 0.427 e. The maximum atomic E-state index is 11.8. The first-order chi connectivity index (χ1) is 21.6. The van der Waals surface area contributed by atoms with Crippen LogP contribution in [0.25, 0.3) is 89.7 Å². The van der Waals surface area contributed by atoms with Crippen molar-refractivity contribution < 1.29 is 9.53 Å². The number of carbonyl (C=O) groups excluding carboxylic acids is 1. The maximum absolute atomic E-state index is 11.8. The molecule has 0 saturated heterocycles. The predicted molar refractivity (Wildman–Crippen MR) is 167 cm³/mol. The molecule has 0 fully saturated rings. The molecule has 0 unspecified atom stereocenters. The van der Waals surface area contributed by atoms with Crippen LogP contribution in [0.4, 0.5) is 0 Å². The Labute approximate surface area is 248 Å². The Morgan fingerprint density at radius 1 is 0.500 bits per heavy atom. The lowest BCUT2D eigenvalue weighted by Crippen LogP contribution is -2.00. The van der Waals surface area contributed by atoms with E-state index in [1.165, 1.54) is 6.92 Å². The number of nitrogens with one attached hydrogen (secondary N) is 2. The molecule has 208 valence electrons. The van der Waals surface area contributed by atoms with Gasteiger partial charge in [-0.2, -0.15) is 0 Å². The molecule has 5 heterocycles. The third-order valence-electron chi connectivity index (χ3n) is 7.79. The van der Waals surface area contributed by atoms with Crippen LogP contribution < -0.4 is 4.74 Å².